The van der Waals surface area contributed by atoms with Crippen molar-refractivity contribution in [1.82, 2.24) is 10.6 Å². The summed E-state index contributed by atoms with van der Waals surface area (Å²) >= 11 is 0. The van der Waals surface area contributed by atoms with E-state index in [9.17, 15) is 14.4 Å². The van der Waals surface area contributed by atoms with Crippen LogP contribution >= 0.6 is 0 Å². The summed E-state index contributed by atoms with van der Waals surface area (Å²) in [6, 6.07) is 2.13. The molecular weight excluding hydrogens is 252 g/mol. The van der Waals surface area contributed by atoms with Gasteiger partial charge in [0.05, 0.1) is 6.26 Å². The van der Waals surface area contributed by atoms with E-state index in [1.165, 1.54) is 33.1 Å². The molecule has 7 nitrogen and oxygen atoms in total. The fourth-order valence-electron chi connectivity index (χ4n) is 1.21. The van der Waals surface area contributed by atoms with Crippen LogP contribution in [0, 0.1) is 0 Å². The Morgan fingerprint density at radius 1 is 1.37 bits per heavy atom. The topological polar surface area (TPSA) is 109 Å². The summed E-state index contributed by atoms with van der Waals surface area (Å²) in [4.78, 5) is 34.2. The van der Waals surface area contributed by atoms with Gasteiger partial charge in [-0.3, -0.25) is 9.59 Å². The van der Waals surface area contributed by atoms with Gasteiger partial charge < -0.3 is 20.2 Å². The summed E-state index contributed by atoms with van der Waals surface area (Å²) in [5, 5.41) is 13.6. The summed E-state index contributed by atoms with van der Waals surface area (Å²) < 4.78 is 4.88. The molecule has 0 aromatic carbocycles. The van der Waals surface area contributed by atoms with Crippen molar-refractivity contribution >= 4 is 17.8 Å². The van der Waals surface area contributed by atoms with Crippen LogP contribution in [0.4, 0.5) is 0 Å². The van der Waals surface area contributed by atoms with Gasteiger partial charge in [-0.1, -0.05) is 0 Å². The lowest BCUT2D eigenvalue weighted by Crippen LogP contribution is -2.55. The first-order valence-corrected chi connectivity index (χ1v) is 5.64. The number of hydrogen-bond donors (Lipinski definition) is 3. The Labute approximate surface area is 110 Å². The number of carboxylic acid groups (broad SMARTS) is 1. The predicted molar refractivity (Wildman–Crippen MR) is 65.5 cm³/mol. The molecule has 7 heteroatoms. The molecule has 1 aromatic rings. The third kappa shape index (κ3) is 3.84. The number of aliphatic carboxylic acids is 1. The standard InChI is InChI=1S/C12H16N2O5/c1-7(9(15)14-12(2,3)11(17)18)13-10(16)8-5-4-6-19-8/h4-7H,1-3H3,(H,13,16)(H,14,15)(H,17,18). The zero-order valence-corrected chi connectivity index (χ0v) is 10.9. The molecule has 0 aliphatic carbocycles. The molecule has 0 saturated carbocycles. The minimum Gasteiger partial charge on any atom is -0.480 e. The lowest BCUT2D eigenvalue weighted by atomic mass is 10.1. The zero-order valence-electron chi connectivity index (χ0n) is 10.9. The summed E-state index contributed by atoms with van der Waals surface area (Å²) in [6.45, 7) is 4.16. The van der Waals surface area contributed by atoms with E-state index in [0.717, 1.165) is 0 Å². The molecule has 0 saturated heterocycles. The maximum atomic E-state index is 11.7. The van der Waals surface area contributed by atoms with E-state index in [-0.39, 0.29) is 5.76 Å². The summed E-state index contributed by atoms with van der Waals surface area (Å²) in [6.07, 6.45) is 1.34. The smallest absolute Gasteiger partial charge is 0.328 e. The van der Waals surface area contributed by atoms with Crippen molar-refractivity contribution in [2.24, 2.45) is 0 Å². The maximum Gasteiger partial charge on any atom is 0.328 e. The number of amides is 2. The number of rotatable bonds is 5. The molecule has 104 valence electrons. The van der Waals surface area contributed by atoms with Gasteiger partial charge in [0.25, 0.3) is 5.91 Å². The van der Waals surface area contributed by atoms with Crippen molar-refractivity contribution in [2.45, 2.75) is 32.4 Å². The SMILES string of the molecule is CC(NC(=O)c1ccco1)C(=O)NC(C)(C)C(=O)O. The summed E-state index contributed by atoms with van der Waals surface area (Å²) in [5.41, 5.74) is -1.40. The molecule has 0 fully saturated rings. The van der Waals surface area contributed by atoms with Crippen LogP contribution in [0.3, 0.4) is 0 Å². The lowest BCUT2D eigenvalue weighted by Gasteiger charge is -2.23. The molecular formula is C12H16N2O5. The second kappa shape index (κ2) is 5.55. The van der Waals surface area contributed by atoms with Crippen molar-refractivity contribution in [3.63, 3.8) is 0 Å². The molecule has 0 spiro atoms. The molecule has 0 aliphatic rings. The van der Waals surface area contributed by atoms with Gasteiger partial charge in [0.1, 0.15) is 11.6 Å². The number of furan rings is 1. The highest BCUT2D eigenvalue weighted by Gasteiger charge is 2.31. The molecule has 1 rings (SSSR count). The van der Waals surface area contributed by atoms with Crippen molar-refractivity contribution in [1.29, 1.82) is 0 Å². The highest BCUT2D eigenvalue weighted by Crippen LogP contribution is 2.03. The first kappa shape index (κ1) is 14.7. The first-order chi connectivity index (χ1) is 8.74. The van der Waals surface area contributed by atoms with Crippen molar-refractivity contribution in [3.8, 4) is 0 Å². The van der Waals surface area contributed by atoms with E-state index in [1.54, 1.807) is 6.07 Å². The maximum absolute atomic E-state index is 11.7. The normalized spacial score (nSPS) is 12.6. The monoisotopic (exact) mass is 268 g/mol. The Morgan fingerprint density at radius 2 is 2.00 bits per heavy atom. The van der Waals surface area contributed by atoms with Crippen LogP contribution in [-0.4, -0.2) is 34.5 Å². The number of nitrogens with one attached hydrogen (secondary N) is 2. The molecule has 1 atom stereocenters. The number of carbonyl (C=O) groups excluding carboxylic acids is 2. The van der Waals surface area contributed by atoms with Crippen LogP contribution in [-0.2, 0) is 9.59 Å². The molecule has 2 amide bonds. The van der Waals surface area contributed by atoms with Gasteiger partial charge in [-0.25, -0.2) is 4.79 Å². The van der Waals surface area contributed by atoms with E-state index in [4.69, 9.17) is 9.52 Å². The second-order valence-corrected chi connectivity index (χ2v) is 4.59. The Hall–Kier alpha value is -2.31. The lowest BCUT2D eigenvalue weighted by molar-refractivity contribution is -0.146. The minimum absolute atomic E-state index is 0.0807. The largest absolute Gasteiger partial charge is 0.480 e. The van der Waals surface area contributed by atoms with Crippen LogP contribution in [0.2, 0.25) is 0 Å². The van der Waals surface area contributed by atoms with Gasteiger partial charge in [0.2, 0.25) is 5.91 Å². The van der Waals surface area contributed by atoms with Gasteiger partial charge in [-0.05, 0) is 32.9 Å². The third-order valence-corrected chi connectivity index (χ3v) is 2.46. The third-order valence-electron chi connectivity index (χ3n) is 2.46. The van der Waals surface area contributed by atoms with Crippen LogP contribution in [0.1, 0.15) is 31.3 Å². The van der Waals surface area contributed by atoms with Crippen molar-refractivity contribution < 1.29 is 23.9 Å². The van der Waals surface area contributed by atoms with Crippen molar-refractivity contribution in [2.75, 3.05) is 0 Å². The van der Waals surface area contributed by atoms with E-state index in [2.05, 4.69) is 10.6 Å². The van der Waals surface area contributed by atoms with Crippen LogP contribution < -0.4 is 10.6 Å². The number of carbonyl (C=O) groups is 3. The van der Waals surface area contributed by atoms with E-state index >= 15 is 0 Å². The van der Waals surface area contributed by atoms with Gasteiger partial charge in [0, 0.05) is 0 Å². The average molecular weight is 268 g/mol. The van der Waals surface area contributed by atoms with E-state index < -0.39 is 29.4 Å². The number of carboxylic acids is 1. The highest BCUT2D eigenvalue weighted by atomic mass is 16.4. The molecule has 0 radical (unpaired) electrons. The Balaban J connectivity index is 2.59. The molecule has 19 heavy (non-hydrogen) atoms. The molecule has 0 bridgehead atoms. The van der Waals surface area contributed by atoms with E-state index in [1.807, 2.05) is 0 Å². The molecule has 0 aliphatic heterocycles. The Bertz CT molecular complexity index is 478. The fraction of sp³-hybridized carbons (Fsp3) is 0.417. The molecule has 3 N–H and O–H groups in total. The van der Waals surface area contributed by atoms with Gasteiger partial charge in [-0.2, -0.15) is 0 Å². The highest BCUT2D eigenvalue weighted by molar-refractivity contribution is 5.96. The molecule has 1 aromatic heterocycles. The van der Waals surface area contributed by atoms with Crippen LogP contribution in [0.25, 0.3) is 0 Å². The average Bonchev–Trinajstić information content (AvgIpc) is 2.81. The molecule has 1 heterocycles. The van der Waals surface area contributed by atoms with E-state index in [0.29, 0.717) is 0 Å². The van der Waals surface area contributed by atoms with Crippen LogP contribution in [0.15, 0.2) is 22.8 Å². The van der Waals surface area contributed by atoms with Crippen LogP contribution in [0.5, 0.6) is 0 Å². The Morgan fingerprint density at radius 3 is 2.47 bits per heavy atom. The minimum atomic E-state index is -1.40. The van der Waals surface area contributed by atoms with Gasteiger partial charge >= 0.3 is 5.97 Å². The van der Waals surface area contributed by atoms with Crippen molar-refractivity contribution in [3.05, 3.63) is 24.2 Å². The number of hydrogen-bond acceptors (Lipinski definition) is 4. The Kier molecular flexibility index (Phi) is 4.31. The first-order valence-electron chi connectivity index (χ1n) is 5.64. The quantitative estimate of drug-likeness (QED) is 0.715. The van der Waals surface area contributed by atoms with Gasteiger partial charge in [0.15, 0.2) is 5.76 Å². The van der Waals surface area contributed by atoms with Gasteiger partial charge in [-0.15, -0.1) is 0 Å². The second-order valence-electron chi connectivity index (χ2n) is 4.59. The molecule has 1 unspecified atom stereocenters. The summed E-state index contributed by atoms with van der Waals surface area (Å²) in [5.74, 6) is -2.21. The summed E-state index contributed by atoms with van der Waals surface area (Å²) in [7, 11) is 0. The predicted octanol–water partition coefficient (Wildman–Crippen LogP) is 0.377. The fourth-order valence-corrected chi connectivity index (χ4v) is 1.21. The zero-order chi connectivity index (χ0) is 14.6.